The Hall–Kier alpha value is -2.09. The maximum Gasteiger partial charge on any atom is 0.344 e. The molecular weight excluding hydrogens is 213 g/mol. The van der Waals surface area contributed by atoms with E-state index in [9.17, 15) is 9.18 Å². The molecule has 0 unspecified atom stereocenters. The maximum atomic E-state index is 13.1. The molecule has 1 aromatic rings. The minimum absolute atomic E-state index is 0.0375. The summed E-state index contributed by atoms with van der Waals surface area (Å²) in [5.41, 5.74) is -0.216. The van der Waals surface area contributed by atoms with Crippen molar-refractivity contribution in [2.45, 2.75) is 6.92 Å². The molecule has 0 saturated heterocycles. The number of nitrogens with zero attached hydrogens (tertiary/aromatic N) is 1. The first kappa shape index (κ1) is 12.0. The molecule has 0 atom stereocenters. The predicted octanol–water partition coefficient (Wildman–Crippen LogP) is 1.64. The van der Waals surface area contributed by atoms with Crippen molar-refractivity contribution in [3.63, 3.8) is 0 Å². The van der Waals surface area contributed by atoms with Crippen LogP contribution in [-0.4, -0.2) is 19.2 Å². The molecule has 0 aliphatic rings. The van der Waals surface area contributed by atoms with Crippen molar-refractivity contribution in [1.82, 2.24) is 0 Å². The van der Waals surface area contributed by atoms with E-state index in [0.717, 1.165) is 6.07 Å². The van der Waals surface area contributed by atoms with Crippen molar-refractivity contribution in [3.8, 4) is 11.8 Å². The Morgan fingerprint density at radius 3 is 2.94 bits per heavy atom. The Labute approximate surface area is 92.2 Å². The Bertz CT molecular complexity index is 426. The van der Waals surface area contributed by atoms with E-state index in [1.54, 1.807) is 13.0 Å². The number of carbonyl (C=O) groups is 1. The molecule has 0 aliphatic carbocycles. The zero-order valence-electron chi connectivity index (χ0n) is 8.70. The van der Waals surface area contributed by atoms with Gasteiger partial charge in [0.2, 0.25) is 0 Å². The van der Waals surface area contributed by atoms with Crippen LogP contribution in [0.5, 0.6) is 5.75 Å². The quantitative estimate of drug-likeness (QED) is 0.728. The van der Waals surface area contributed by atoms with Crippen LogP contribution in [0.2, 0.25) is 0 Å². The first-order chi connectivity index (χ1) is 7.69. The molecule has 1 aromatic carbocycles. The summed E-state index contributed by atoms with van der Waals surface area (Å²) in [5.74, 6) is -1.20. The van der Waals surface area contributed by atoms with Crippen molar-refractivity contribution in [2.75, 3.05) is 13.2 Å². The summed E-state index contributed by atoms with van der Waals surface area (Å²) in [7, 11) is 0. The van der Waals surface area contributed by atoms with Crippen LogP contribution in [0.4, 0.5) is 4.39 Å². The Morgan fingerprint density at radius 2 is 2.31 bits per heavy atom. The van der Waals surface area contributed by atoms with Crippen molar-refractivity contribution >= 4 is 5.97 Å². The van der Waals surface area contributed by atoms with E-state index in [2.05, 4.69) is 4.74 Å². The Balaban J connectivity index is 2.71. The molecule has 0 spiro atoms. The van der Waals surface area contributed by atoms with Crippen LogP contribution in [0, 0.1) is 17.1 Å². The van der Waals surface area contributed by atoms with Gasteiger partial charge in [0.25, 0.3) is 0 Å². The largest absolute Gasteiger partial charge is 0.480 e. The van der Waals surface area contributed by atoms with Crippen molar-refractivity contribution in [1.29, 1.82) is 5.26 Å². The van der Waals surface area contributed by atoms with E-state index in [0.29, 0.717) is 0 Å². The van der Waals surface area contributed by atoms with Gasteiger partial charge in [0.1, 0.15) is 23.2 Å². The highest BCUT2D eigenvalue weighted by atomic mass is 19.1. The number of benzene rings is 1. The lowest BCUT2D eigenvalue weighted by molar-refractivity contribution is -0.145. The number of hydrogen-bond acceptors (Lipinski definition) is 4. The first-order valence-electron chi connectivity index (χ1n) is 4.66. The van der Waals surface area contributed by atoms with E-state index in [4.69, 9.17) is 10.00 Å². The van der Waals surface area contributed by atoms with Gasteiger partial charge in [-0.3, -0.25) is 0 Å². The molecule has 0 aliphatic heterocycles. The highest BCUT2D eigenvalue weighted by Gasteiger charge is 2.10. The number of hydrogen-bond donors (Lipinski definition) is 0. The fourth-order valence-corrected chi connectivity index (χ4v) is 1.07. The second-order valence-electron chi connectivity index (χ2n) is 2.82. The predicted molar refractivity (Wildman–Crippen MR) is 53.2 cm³/mol. The van der Waals surface area contributed by atoms with Gasteiger partial charge in [-0.25, -0.2) is 9.18 Å². The molecule has 0 aromatic heterocycles. The second-order valence-corrected chi connectivity index (χ2v) is 2.82. The van der Waals surface area contributed by atoms with E-state index < -0.39 is 11.8 Å². The summed E-state index contributed by atoms with van der Waals surface area (Å²) < 4.78 is 22.7. The fraction of sp³-hybridized carbons (Fsp3) is 0.273. The lowest BCUT2D eigenvalue weighted by Gasteiger charge is -2.07. The maximum absolute atomic E-state index is 13.1. The van der Waals surface area contributed by atoms with Crippen LogP contribution in [0.25, 0.3) is 0 Å². The molecule has 16 heavy (non-hydrogen) atoms. The zero-order chi connectivity index (χ0) is 12.0. The number of nitriles is 1. The topological polar surface area (TPSA) is 59.3 Å². The van der Waals surface area contributed by atoms with E-state index >= 15 is 0 Å². The van der Waals surface area contributed by atoms with Gasteiger partial charge in [0.05, 0.1) is 6.61 Å². The molecular formula is C11H10FNO3. The SMILES string of the molecule is CCOC(=O)COc1cccc(F)c1C#N. The Morgan fingerprint density at radius 1 is 1.56 bits per heavy atom. The highest BCUT2D eigenvalue weighted by Crippen LogP contribution is 2.20. The third-order valence-corrected chi connectivity index (χ3v) is 1.74. The zero-order valence-corrected chi connectivity index (χ0v) is 8.70. The van der Waals surface area contributed by atoms with Crippen LogP contribution < -0.4 is 4.74 Å². The summed E-state index contributed by atoms with van der Waals surface area (Å²) in [6, 6.07) is 5.63. The lowest BCUT2D eigenvalue weighted by atomic mass is 10.2. The summed E-state index contributed by atoms with van der Waals surface area (Å²) in [5, 5.41) is 8.68. The first-order valence-corrected chi connectivity index (χ1v) is 4.66. The molecule has 0 heterocycles. The number of rotatable bonds is 4. The summed E-state index contributed by atoms with van der Waals surface area (Å²) in [4.78, 5) is 11.0. The monoisotopic (exact) mass is 223 g/mol. The van der Waals surface area contributed by atoms with Gasteiger partial charge < -0.3 is 9.47 Å². The van der Waals surface area contributed by atoms with Crippen LogP contribution in [-0.2, 0) is 9.53 Å². The fourth-order valence-electron chi connectivity index (χ4n) is 1.07. The summed E-state index contributed by atoms with van der Waals surface area (Å²) in [6.45, 7) is 1.57. The molecule has 0 amide bonds. The van der Waals surface area contributed by atoms with E-state index in [1.165, 1.54) is 12.1 Å². The van der Waals surface area contributed by atoms with Crippen LogP contribution >= 0.6 is 0 Å². The van der Waals surface area contributed by atoms with Crippen LogP contribution in [0.1, 0.15) is 12.5 Å². The third-order valence-electron chi connectivity index (χ3n) is 1.74. The van der Waals surface area contributed by atoms with Gasteiger partial charge in [-0.2, -0.15) is 5.26 Å². The standard InChI is InChI=1S/C11H10FNO3/c1-2-15-11(14)7-16-10-5-3-4-9(12)8(10)6-13/h3-5H,2,7H2,1H3. The van der Waals surface area contributed by atoms with Crippen molar-refractivity contribution < 1.29 is 18.7 Å². The summed E-state index contributed by atoms with van der Waals surface area (Å²) in [6.07, 6.45) is 0. The average molecular weight is 223 g/mol. The van der Waals surface area contributed by atoms with E-state index in [1.807, 2.05) is 0 Å². The van der Waals surface area contributed by atoms with Gasteiger partial charge in [0, 0.05) is 0 Å². The van der Waals surface area contributed by atoms with Gasteiger partial charge in [0.15, 0.2) is 6.61 Å². The molecule has 84 valence electrons. The normalized spacial score (nSPS) is 9.31. The van der Waals surface area contributed by atoms with E-state index in [-0.39, 0.29) is 24.5 Å². The summed E-state index contributed by atoms with van der Waals surface area (Å²) >= 11 is 0. The Kier molecular flexibility index (Phi) is 4.28. The minimum atomic E-state index is -0.677. The van der Waals surface area contributed by atoms with Crippen molar-refractivity contribution in [3.05, 3.63) is 29.6 Å². The molecule has 1 rings (SSSR count). The smallest absolute Gasteiger partial charge is 0.344 e. The van der Waals surface area contributed by atoms with Crippen LogP contribution in [0.3, 0.4) is 0 Å². The van der Waals surface area contributed by atoms with Gasteiger partial charge in [-0.15, -0.1) is 0 Å². The molecule has 0 saturated carbocycles. The number of ether oxygens (including phenoxy) is 2. The minimum Gasteiger partial charge on any atom is -0.480 e. The third kappa shape index (κ3) is 2.95. The number of carbonyl (C=O) groups excluding carboxylic acids is 1. The molecule has 0 N–H and O–H groups in total. The van der Waals surface area contributed by atoms with Crippen LogP contribution in [0.15, 0.2) is 18.2 Å². The molecule has 0 bridgehead atoms. The van der Waals surface area contributed by atoms with Crippen molar-refractivity contribution in [2.24, 2.45) is 0 Å². The highest BCUT2D eigenvalue weighted by molar-refractivity contribution is 5.71. The number of esters is 1. The van der Waals surface area contributed by atoms with Gasteiger partial charge >= 0.3 is 5.97 Å². The molecule has 4 nitrogen and oxygen atoms in total. The molecule has 0 radical (unpaired) electrons. The number of halogens is 1. The van der Waals surface area contributed by atoms with Gasteiger partial charge in [-0.05, 0) is 19.1 Å². The second kappa shape index (κ2) is 5.71. The average Bonchev–Trinajstić information content (AvgIpc) is 2.27. The molecule has 5 heteroatoms. The lowest BCUT2D eigenvalue weighted by Crippen LogP contribution is -2.15. The van der Waals surface area contributed by atoms with Gasteiger partial charge in [-0.1, -0.05) is 6.07 Å². The molecule has 0 fully saturated rings.